The summed E-state index contributed by atoms with van der Waals surface area (Å²) in [6, 6.07) is 8.07. The minimum atomic E-state index is -0.521. The van der Waals surface area contributed by atoms with Crippen molar-refractivity contribution in [1.29, 1.82) is 0 Å². The molecule has 1 saturated carbocycles. The molecule has 2 nitrogen and oxygen atoms in total. The van der Waals surface area contributed by atoms with Gasteiger partial charge in [0, 0.05) is 17.2 Å². The van der Waals surface area contributed by atoms with E-state index in [0.29, 0.717) is 0 Å². The van der Waals surface area contributed by atoms with Crippen molar-refractivity contribution in [2.24, 2.45) is 11.7 Å². The number of aliphatic hydroxyl groups excluding tert-OH is 1. The Labute approximate surface area is 94.9 Å². The fourth-order valence-electron chi connectivity index (χ4n) is 1.42. The molecule has 0 radical (unpaired) electrons. The van der Waals surface area contributed by atoms with Crippen LogP contribution in [0.1, 0.15) is 24.5 Å². The molecule has 2 rings (SSSR count). The standard InChI is InChI=1S/C12H17NOS/c13-7-12(14)10-3-5-11(6-4-10)15-8-9-1-2-9/h3-6,9,12,14H,1-2,7-8,13H2. The van der Waals surface area contributed by atoms with Crippen molar-refractivity contribution in [2.75, 3.05) is 12.3 Å². The van der Waals surface area contributed by atoms with E-state index in [2.05, 4.69) is 12.1 Å². The summed E-state index contributed by atoms with van der Waals surface area (Å²) >= 11 is 1.91. The summed E-state index contributed by atoms with van der Waals surface area (Å²) in [6.07, 6.45) is 2.28. The first-order chi connectivity index (χ1) is 7.29. The monoisotopic (exact) mass is 223 g/mol. The van der Waals surface area contributed by atoms with Crippen LogP contribution in [0, 0.1) is 5.92 Å². The average molecular weight is 223 g/mol. The first-order valence-corrected chi connectivity index (χ1v) is 6.39. The van der Waals surface area contributed by atoms with E-state index in [1.807, 2.05) is 23.9 Å². The zero-order chi connectivity index (χ0) is 10.7. The molecule has 1 atom stereocenters. The number of hydrogen-bond acceptors (Lipinski definition) is 3. The van der Waals surface area contributed by atoms with Gasteiger partial charge in [0.05, 0.1) is 6.10 Å². The summed E-state index contributed by atoms with van der Waals surface area (Å²) in [5.74, 6) is 2.18. The van der Waals surface area contributed by atoms with Crippen molar-refractivity contribution >= 4 is 11.8 Å². The second-order valence-corrected chi connectivity index (χ2v) is 5.17. The van der Waals surface area contributed by atoms with Crippen LogP contribution in [0.15, 0.2) is 29.2 Å². The van der Waals surface area contributed by atoms with E-state index in [4.69, 9.17) is 5.73 Å². The van der Waals surface area contributed by atoms with Gasteiger partial charge < -0.3 is 10.8 Å². The molecule has 1 aliphatic carbocycles. The van der Waals surface area contributed by atoms with Crippen molar-refractivity contribution < 1.29 is 5.11 Å². The molecule has 0 saturated heterocycles. The van der Waals surface area contributed by atoms with Crippen LogP contribution in [0.25, 0.3) is 0 Å². The van der Waals surface area contributed by atoms with Crippen LogP contribution < -0.4 is 5.73 Å². The van der Waals surface area contributed by atoms with Gasteiger partial charge in [0.25, 0.3) is 0 Å². The third-order valence-electron chi connectivity index (χ3n) is 2.67. The second kappa shape index (κ2) is 5.01. The van der Waals surface area contributed by atoms with Crippen molar-refractivity contribution in [2.45, 2.75) is 23.8 Å². The summed E-state index contributed by atoms with van der Waals surface area (Å²) in [5, 5.41) is 9.52. The summed E-state index contributed by atoms with van der Waals surface area (Å²) in [7, 11) is 0. The highest BCUT2D eigenvalue weighted by molar-refractivity contribution is 7.99. The van der Waals surface area contributed by atoms with E-state index in [-0.39, 0.29) is 6.54 Å². The van der Waals surface area contributed by atoms with E-state index < -0.39 is 6.10 Å². The Morgan fingerprint density at radius 1 is 1.33 bits per heavy atom. The van der Waals surface area contributed by atoms with Crippen molar-refractivity contribution in [3.05, 3.63) is 29.8 Å². The van der Waals surface area contributed by atoms with Crippen LogP contribution >= 0.6 is 11.8 Å². The van der Waals surface area contributed by atoms with Gasteiger partial charge in [0.2, 0.25) is 0 Å². The lowest BCUT2D eigenvalue weighted by molar-refractivity contribution is 0.186. The van der Waals surface area contributed by atoms with Gasteiger partial charge in [-0.15, -0.1) is 11.8 Å². The molecule has 0 amide bonds. The van der Waals surface area contributed by atoms with Gasteiger partial charge in [-0.2, -0.15) is 0 Å². The third-order valence-corrected chi connectivity index (χ3v) is 3.91. The van der Waals surface area contributed by atoms with E-state index in [9.17, 15) is 5.11 Å². The lowest BCUT2D eigenvalue weighted by atomic mass is 10.1. The Balaban J connectivity index is 1.90. The van der Waals surface area contributed by atoms with Gasteiger partial charge in [-0.1, -0.05) is 12.1 Å². The second-order valence-electron chi connectivity index (χ2n) is 4.07. The van der Waals surface area contributed by atoms with E-state index in [0.717, 1.165) is 11.5 Å². The minimum Gasteiger partial charge on any atom is -0.387 e. The number of hydrogen-bond donors (Lipinski definition) is 2. The number of thioether (sulfide) groups is 1. The molecule has 1 aromatic carbocycles. The molecular weight excluding hydrogens is 206 g/mol. The van der Waals surface area contributed by atoms with Crippen LogP contribution in [-0.4, -0.2) is 17.4 Å². The molecule has 0 aliphatic heterocycles. The quantitative estimate of drug-likeness (QED) is 0.752. The maximum absolute atomic E-state index is 9.52. The number of rotatable bonds is 5. The number of aliphatic hydroxyl groups is 1. The molecule has 1 aliphatic rings. The van der Waals surface area contributed by atoms with Crippen LogP contribution in [0.4, 0.5) is 0 Å². The Kier molecular flexibility index (Phi) is 3.67. The molecule has 0 heterocycles. The highest BCUT2D eigenvalue weighted by atomic mass is 32.2. The van der Waals surface area contributed by atoms with Gasteiger partial charge in [0.15, 0.2) is 0 Å². The molecule has 1 aromatic rings. The fraction of sp³-hybridized carbons (Fsp3) is 0.500. The summed E-state index contributed by atoms with van der Waals surface area (Å²) < 4.78 is 0. The summed E-state index contributed by atoms with van der Waals surface area (Å²) in [5.41, 5.74) is 6.30. The molecule has 3 heteroatoms. The van der Waals surface area contributed by atoms with E-state index in [1.165, 1.54) is 23.5 Å². The predicted octanol–water partition coefficient (Wildman–Crippen LogP) is 2.18. The van der Waals surface area contributed by atoms with Crippen LogP contribution in [0.5, 0.6) is 0 Å². The highest BCUT2D eigenvalue weighted by Crippen LogP contribution is 2.35. The fourth-order valence-corrected chi connectivity index (χ4v) is 2.51. The highest BCUT2D eigenvalue weighted by Gasteiger charge is 2.20. The molecule has 1 unspecified atom stereocenters. The number of nitrogens with two attached hydrogens (primary N) is 1. The lowest BCUT2D eigenvalue weighted by Gasteiger charge is -2.08. The van der Waals surface area contributed by atoms with Gasteiger partial charge in [-0.3, -0.25) is 0 Å². The molecule has 15 heavy (non-hydrogen) atoms. The zero-order valence-corrected chi connectivity index (χ0v) is 9.54. The first kappa shape index (κ1) is 11.0. The molecule has 3 N–H and O–H groups in total. The van der Waals surface area contributed by atoms with Crippen molar-refractivity contribution in [1.82, 2.24) is 0 Å². The topological polar surface area (TPSA) is 46.2 Å². The van der Waals surface area contributed by atoms with Crippen LogP contribution in [0.3, 0.4) is 0 Å². The Hall–Kier alpha value is -0.510. The largest absolute Gasteiger partial charge is 0.387 e. The molecule has 0 spiro atoms. The Morgan fingerprint density at radius 3 is 2.53 bits per heavy atom. The van der Waals surface area contributed by atoms with Gasteiger partial charge in [-0.05, 0) is 36.5 Å². The van der Waals surface area contributed by atoms with Crippen molar-refractivity contribution in [3.8, 4) is 0 Å². The Bertz CT molecular complexity index is 308. The van der Waals surface area contributed by atoms with Gasteiger partial charge >= 0.3 is 0 Å². The smallest absolute Gasteiger partial charge is 0.0912 e. The van der Waals surface area contributed by atoms with E-state index >= 15 is 0 Å². The lowest BCUT2D eigenvalue weighted by Crippen LogP contribution is -2.11. The zero-order valence-electron chi connectivity index (χ0n) is 8.73. The van der Waals surface area contributed by atoms with E-state index in [1.54, 1.807) is 0 Å². The maximum Gasteiger partial charge on any atom is 0.0912 e. The molecular formula is C12H17NOS. The maximum atomic E-state index is 9.52. The minimum absolute atomic E-state index is 0.286. The summed E-state index contributed by atoms with van der Waals surface area (Å²) in [6.45, 7) is 0.286. The van der Waals surface area contributed by atoms with Crippen LogP contribution in [-0.2, 0) is 0 Å². The third kappa shape index (κ3) is 3.23. The van der Waals surface area contributed by atoms with Crippen LogP contribution in [0.2, 0.25) is 0 Å². The van der Waals surface area contributed by atoms with Gasteiger partial charge in [0.1, 0.15) is 0 Å². The Morgan fingerprint density at radius 2 is 2.00 bits per heavy atom. The first-order valence-electron chi connectivity index (χ1n) is 5.40. The predicted molar refractivity (Wildman–Crippen MR) is 63.9 cm³/mol. The molecule has 1 fully saturated rings. The summed E-state index contributed by atoms with van der Waals surface area (Å²) in [4.78, 5) is 1.29. The normalized spacial score (nSPS) is 17.7. The number of benzene rings is 1. The average Bonchev–Trinajstić information content (AvgIpc) is 3.10. The molecule has 0 aromatic heterocycles. The molecule has 0 bridgehead atoms. The molecule has 82 valence electrons. The SMILES string of the molecule is NCC(O)c1ccc(SCC2CC2)cc1. The van der Waals surface area contributed by atoms with Crippen molar-refractivity contribution in [3.63, 3.8) is 0 Å². The van der Waals surface area contributed by atoms with Gasteiger partial charge in [-0.25, -0.2) is 0 Å².